The third kappa shape index (κ3) is 4.56. The van der Waals surface area contributed by atoms with E-state index in [0.717, 1.165) is 28.1 Å². The molecule has 2 aromatic carbocycles. The molecule has 1 atom stereocenters. The third-order valence-electron chi connectivity index (χ3n) is 3.82. The van der Waals surface area contributed by atoms with Crippen LogP contribution in [0.5, 0.6) is 0 Å². The molecule has 0 bridgehead atoms. The van der Waals surface area contributed by atoms with Gasteiger partial charge in [0, 0.05) is 5.75 Å². The molecule has 0 aromatic heterocycles. The van der Waals surface area contributed by atoms with Crippen molar-refractivity contribution in [1.29, 1.82) is 0 Å². The Labute approximate surface area is 161 Å². The summed E-state index contributed by atoms with van der Waals surface area (Å²) in [6.45, 7) is 3.98. The van der Waals surface area contributed by atoms with Gasteiger partial charge in [-0.1, -0.05) is 55.1 Å². The van der Waals surface area contributed by atoms with Gasteiger partial charge in [0.25, 0.3) is 0 Å². The molecule has 0 fully saturated rings. The summed E-state index contributed by atoms with van der Waals surface area (Å²) in [5.74, 6) is 0.0926. The van der Waals surface area contributed by atoms with Crippen LogP contribution in [0, 0.1) is 5.92 Å². The minimum Gasteiger partial charge on any atom is -0.466 e. The van der Waals surface area contributed by atoms with Gasteiger partial charge >= 0.3 is 5.97 Å². The van der Waals surface area contributed by atoms with Gasteiger partial charge in [0.2, 0.25) is 5.12 Å². The van der Waals surface area contributed by atoms with Crippen molar-refractivity contribution in [3.63, 3.8) is 0 Å². The lowest BCUT2D eigenvalue weighted by molar-refractivity contribution is -0.146. The van der Waals surface area contributed by atoms with Crippen LogP contribution in [0.3, 0.4) is 0 Å². The molecule has 26 heavy (non-hydrogen) atoms. The van der Waals surface area contributed by atoms with Crippen LogP contribution in [0.4, 0.5) is 0 Å². The van der Waals surface area contributed by atoms with Gasteiger partial charge in [-0.15, -0.1) is 0 Å². The SMILES string of the molecule is CCOC(=O)C(C)CSC1=NC(=Cc2ccc3ccccc3c2)C(=O)S1. The predicted molar refractivity (Wildman–Crippen MR) is 110 cm³/mol. The molecule has 0 amide bonds. The quantitative estimate of drug-likeness (QED) is 0.549. The number of aliphatic imine (C=N–C) groups is 1. The molecule has 0 saturated heterocycles. The van der Waals surface area contributed by atoms with E-state index in [1.807, 2.05) is 49.4 Å². The van der Waals surface area contributed by atoms with E-state index in [1.54, 1.807) is 6.92 Å². The summed E-state index contributed by atoms with van der Waals surface area (Å²) in [5.41, 5.74) is 1.39. The average Bonchev–Trinajstić information content (AvgIpc) is 2.99. The van der Waals surface area contributed by atoms with Gasteiger partial charge in [-0.2, -0.15) is 0 Å². The molecule has 0 spiro atoms. The van der Waals surface area contributed by atoms with Crippen LogP contribution < -0.4 is 0 Å². The van der Waals surface area contributed by atoms with Crippen molar-refractivity contribution >= 4 is 55.8 Å². The van der Waals surface area contributed by atoms with Crippen LogP contribution in [0.15, 0.2) is 53.2 Å². The maximum Gasteiger partial charge on any atom is 0.309 e. The Balaban J connectivity index is 1.70. The lowest BCUT2D eigenvalue weighted by atomic mass is 10.1. The molecule has 1 unspecified atom stereocenters. The molecule has 0 N–H and O–H groups in total. The number of benzene rings is 2. The van der Waals surface area contributed by atoms with Crippen molar-refractivity contribution in [3.8, 4) is 0 Å². The minimum atomic E-state index is -0.230. The number of fused-ring (bicyclic) bond motifs is 1. The normalized spacial score (nSPS) is 16.8. The van der Waals surface area contributed by atoms with Crippen LogP contribution in [0.25, 0.3) is 16.8 Å². The first-order valence-corrected chi connectivity index (χ1v) is 10.2. The van der Waals surface area contributed by atoms with Crippen LogP contribution >= 0.6 is 23.5 Å². The highest BCUT2D eigenvalue weighted by Crippen LogP contribution is 2.32. The number of esters is 1. The summed E-state index contributed by atoms with van der Waals surface area (Å²) in [6.07, 6.45) is 1.81. The molecule has 3 rings (SSSR count). The summed E-state index contributed by atoms with van der Waals surface area (Å²) >= 11 is 2.53. The van der Waals surface area contributed by atoms with E-state index in [1.165, 1.54) is 11.8 Å². The first-order valence-electron chi connectivity index (χ1n) is 8.37. The molecule has 6 heteroatoms. The van der Waals surface area contributed by atoms with Crippen molar-refractivity contribution in [1.82, 2.24) is 0 Å². The summed E-state index contributed by atoms with van der Waals surface area (Å²) < 4.78 is 5.68. The highest BCUT2D eigenvalue weighted by Gasteiger charge is 2.24. The summed E-state index contributed by atoms with van der Waals surface area (Å²) in [6, 6.07) is 14.2. The van der Waals surface area contributed by atoms with Crippen molar-refractivity contribution in [2.75, 3.05) is 12.4 Å². The maximum absolute atomic E-state index is 12.2. The van der Waals surface area contributed by atoms with Crippen LogP contribution in [-0.4, -0.2) is 27.8 Å². The van der Waals surface area contributed by atoms with Gasteiger partial charge in [0.15, 0.2) is 0 Å². The van der Waals surface area contributed by atoms with E-state index >= 15 is 0 Å². The number of hydrogen-bond acceptors (Lipinski definition) is 6. The second kappa shape index (κ2) is 8.56. The van der Waals surface area contributed by atoms with Crippen LogP contribution in [-0.2, 0) is 14.3 Å². The molecule has 0 saturated carbocycles. The number of thioether (sulfide) groups is 2. The van der Waals surface area contributed by atoms with Crippen molar-refractivity contribution in [3.05, 3.63) is 53.7 Å². The summed E-state index contributed by atoms with van der Waals surface area (Å²) in [7, 11) is 0. The van der Waals surface area contributed by atoms with Gasteiger partial charge in [0.1, 0.15) is 10.1 Å². The fraction of sp³-hybridized carbons (Fsp3) is 0.250. The first-order chi connectivity index (χ1) is 12.6. The number of nitrogens with zero attached hydrogens (tertiary/aromatic N) is 1. The Hall–Kier alpha value is -2.05. The second-order valence-corrected chi connectivity index (χ2v) is 8.10. The lowest BCUT2D eigenvalue weighted by Gasteiger charge is -2.08. The molecule has 2 aromatic rings. The number of ether oxygens (including phenoxy) is 1. The molecular formula is C20H19NO3S2. The Morgan fingerprint density at radius 2 is 2.04 bits per heavy atom. The standard InChI is InChI=1S/C20H19NO3S2/c1-3-24-18(22)13(2)12-25-20-21-17(19(23)26-20)11-14-8-9-15-6-4-5-7-16(15)10-14/h4-11,13H,3,12H2,1-2H3. The number of hydrogen-bond donors (Lipinski definition) is 0. The zero-order valence-corrected chi connectivity index (χ0v) is 16.2. The summed E-state index contributed by atoms with van der Waals surface area (Å²) in [4.78, 5) is 28.3. The molecule has 0 radical (unpaired) electrons. The maximum atomic E-state index is 12.2. The van der Waals surface area contributed by atoms with Crippen molar-refractivity contribution in [2.45, 2.75) is 13.8 Å². The number of carbonyl (C=O) groups is 2. The predicted octanol–water partition coefficient (Wildman–Crippen LogP) is 4.74. The zero-order chi connectivity index (χ0) is 18.5. The zero-order valence-electron chi connectivity index (χ0n) is 14.6. The van der Waals surface area contributed by atoms with Crippen molar-refractivity contribution < 1.29 is 14.3 Å². The molecule has 1 aliphatic heterocycles. The highest BCUT2D eigenvalue weighted by atomic mass is 32.2. The Kier molecular flexibility index (Phi) is 6.16. The van der Waals surface area contributed by atoms with Gasteiger partial charge in [-0.05, 0) is 47.2 Å². The fourth-order valence-electron chi connectivity index (χ4n) is 2.46. The van der Waals surface area contributed by atoms with E-state index in [4.69, 9.17) is 4.74 Å². The van der Waals surface area contributed by atoms with Crippen LogP contribution in [0.2, 0.25) is 0 Å². The molecule has 1 aliphatic rings. The lowest BCUT2D eigenvalue weighted by Crippen LogP contribution is -2.17. The van der Waals surface area contributed by atoms with E-state index in [0.29, 0.717) is 22.4 Å². The highest BCUT2D eigenvalue weighted by molar-refractivity contribution is 8.45. The Morgan fingerprint density at radius 1 is 1.27 bits per heavy atom. The van der Waals surface area contributed by atoms with E-state index < -0.39 is 0 Å². The fourth-order valence-corrected chi connectivity index (χ4v) is 4.33. The Morgan fingerprint density at radius 3 is 2.81 bits per heavy atom. The van der Waals surface area contributed by atoms with Gasteiger partial charge < -0.3 is 4.74 Å². The van der Waals surface area contributed by atoms with E-state index in [2.05, 4.69) is 11.1 Å². The summed E-state index contributed by atoms with van der Waals surface area (Å²) in [5, 5.41) is 2.22. The third-order valence-corrected chi connectivity index (χ3v) is 6.09. The first kappa shape index (κ1) is 18.7. The monoisotopic (exact) mass is 385 g/mol. The molecular weight excluding hydrogens is 366 g/mol. The number of carbonyl (C=O) groups excluding carboxylic acids is 2. The van der Waals surface area contributed by atoms with E-state index in [-0.39, 0.29) is 17.0 Å². The topological polar surface area (TPSA) is 55.7 Å². The largest absolute Gasteiger partial charge is 0.466 e. The number of rotatable bonds is 5. The Bertz CT molecular complexity index is 905. The van der Waals surface area contributed by atoms with Crippen LogP contribution in [0.1, 0.15) is 19.4 Å². The smallest absolute Gasteiger partial charge is 0.309 e. The average molecular weight is 386 g/mol. The van der Waals surface area contributed by atoms with E-state index in [9.17, 15) is 9.59 Å². The minimum absolute atomic E-state index is 0.0653. The van der Waals surface area contributed by atoms with Gasteiger partial charge in [-0.3, -0.25) is 9.59 Å². The molecule has 4 nitrogen and oxygen atoms in total. The molecule has 1 heterocycles. The second-order valence-electron chi connectivity index (χ2n) is 5.87. The van der Waals surface area contributed by atoms with Gasteiger partial charge in [-0.25, -0.2) is 4.99 Å². The van der Waals surface area contributed by atoms with Gasteiger partial charge in [0.05, 0.1) is 12.5 Å². The molecule has 0 aliphatic carbocycles. The molecule has 134 valence electrons. The van der Waals surface area contributed by atoms with Crippen molar-refractivity contribution in [2.24, 2.45) is 10.9 Å².